The van der Waals surface area contributed by atoms with Gasteiger partial charge >= 0.3 is 0 Å². The van der Waals surface area contributed by atoms with E-state index in [1.165, 1.54) is 0 Å². The van der Waals surface area contributed by atoms with E-state index in [2.05, 4.69) is 13.5 Å². The molecule has 0 aliphatic heterocycles. The standard InChI is InChI=1S/C12H16O/c1-3-5-6-11-9-10(4-2)7-8-12(11)13/h4,7-9,13H,2-3,5-6H2,1H3. The first-order chi connectivity index (χ1) is 6.27. The van der Waals surface area contributed by atoms with Crippen LogP contribution in [-0.4, -0.2) is 5.11 Å². The number of phenols is 1. The second-order valence-corrected chi connectivity index (χ2v) is 3.20. The Kier molecular flexibility index (Phi) is 3.56. The second kappa shape index (κ2) is 4.70. The van der Waals surface area contributed by atoms with Crippen molar-refractivity contribution in [3.63, 3.8) is 0 Å². The van der Waals surface area contributed by atoms with E-state index in [-0.39, 0.29) is 0 Å². The van der Waals surface area contributed by atoms with Crippen LogP contribution >= 0.6 is 0 Å². The molecule has 1 heteroatoms. The molecule has 1 N–H and O–H groups in total. The molecule has 70 valence electrons. The van der Waals surface area contributed by atoms with Gasteiger partial charge in [0.15, 0.2) is 0 Å². The molecule has 1 nitrogen and oxygen atoms in total. The number of unbranched alkanes of at least 4 members (excludes halogenated alkanes) is 1. The average Bonchev–Trinajstić information content (AvgIpc) is 2.17. The zero-order valence-electron chi connectivity index (χ0n) is 8.09. The smallest absolute Gasteiger partial charge is 0.118 e. The Morgan fingerprint density at radius 3 is 2.85 bits per heavy atom. The number of benzene rings is 1. The van der Waals surface area contributed by atoms with E-state index >= 15 is 0 Å². The minimum Gasteiger partial charge on any atom is -0.508 e. The molecule has 0 unspecified atom stereocenters. The van der Waals surface area contributed by atoms with Crippen molar-refractivity contribution in [3.05, 3.63) is 35.9 Å². The van der Waals surface area contributed by atoms with Crippen LogP contribution in [0.4, 0.5) is 0 Å². The van der Waals surface area contributed by atoms with Gasteiger partial charge < -0.3 is 5.11 Å². The Morgan fingerprint density at radius 1 is 1.46 bits per heavy atom. The van der Waals surface area contributed by atoms with Crippen molar-refractivity contribution >= 4 is 6.08 Å². The molecule has 0 radical (unpaired) electrons. The summed E-state index contributed by atoms with van der Waals surface area (Å²) in [5.41, 5.74) is 2.10. The number of phenolic OH excluding ortho intramolecular Hbond substituents is 1. The Morgan fingerprint density at radius 2 is 2.23 bits per heavy atom. The molecular formula is C12H16O. The van der Waals surface area contributed by atoms with Gasteiger partial charge in [-0.15, -0.1) is 0 Å². The molecule has 1 rings (SSSR count). The van der Waals surface area contributed by atoms with Crippen molar-refractivity contribution in [2.45, 2.75) is 26.2 Å². The highest BCUT2D eigenvalue weighted by atomic mass is 16.3. The van der Waals surface area contributed by atoms with Crippen molar-refractivity contribution in [1.29, 1.82) is 0 Å². The van der Waals surface area contributed by atoms with Gasteiger partial charge in [-0.25, -0.2) is 0 Å². The molecule has 1 aromatic rings. The van der Waals surface area contributed by atoms with Gasteiger partial charge in [-0.1, -0.05) is 32.1 Å². The fraction of sp³-hybridized carbons (Fsp3) is 0.333. The average molecular weight is 176 g/mol. The molecular weight excluding hydrogens is 160 g/mol. The van der Waals surface area contributed by atoms with Gasteiger partial charge in [0.25, 0.3) is 0 Å². The van der Waals surface area contributed by atoms with E-state index < -0.39 is 0 Å². The second-order valence-electron chi connectivity index (χ2n) is 3.20. The van der Waals surface area contributed by atoms with Gasteiger partial charge in [-0.3, -0.25) is 0 Å². The largest absolute Gasteiger partial charge is 0.508 e. The van der Waals surface area contributed by atoms with E-state index in [1.807, 2.05) is 12.1 Å². The highest BCUT2D eigenvalue weighted by Gasteiger charge is 2.00. The summed E-state index contributed by atoms with van der Waals surface area (Å²) in [5.74, 6) is 0.402. The summed E-state index contributed by atoms with van der Waals surface area (Å²) in [7, 11) is 0. The predicted molar refractivity (Wildman–Crippen MR) is 56.8 cm³/mol. The highest BCUT2D eigenvalue weighted by molar-refractivity contribution is 5.51. The molecule has 1 aromatic carbocycles. The van der Waals surface area contributed by atoms with Crippen LogP contribution in [0.1, 0.15) is 30.9 Å². The van der Waals surface area contributed by atoms with Crippen LogP contribution in [-0.2, 0) is 6.42 Å². The minimum absolute atomic E-state index is 0.402. The lowest BCUT2D eigenvalue weighted by atomic mass is 10.0. The lowest BCUT2D eigenvalue weighted by Crippen LogP contribution is -1.86. The maximum absolute atomic E-state index is 9.52. The molecule has 0 saturated heterocycles. The van der Waals surface area contributed by atoms with E-state index in [9.17, 15) is 5.11 Å². The van der Waals surface area contributed by atoms with Crippen molar-refractivity contribution in [2.24, 2.45) is 0 Å². The highest BCUT2D eigenvalue weighted by Crippen LogP contribution is 2.20. The first-order valence-corrected chi connectivity index (χ1v) is 4.72. The summed E-state index contributed by atoms with van der Waals surface area (Å²) in [6.45, 7) is 5.85. The SMILES string of the molecule is C=Cc1ccc(O)c(CCCC)c1. The van der Waals surface area contributed by atoms with Crippen LogP contribution in [0.15, 0.2) is 24.8 Å². The monoisotopic (exact) mass is 176 g/mol. The first kappa shape index (κ1) is 9.85. The van der Waals surface area contributed by atoms with Crippen LogP contribution in [0, 0.1) is 0 Å². The number of aromatic hydroxyl groups is 1. The summed E-state index contributed by atoms with van der Waals surface area (Å²) in [4.78, 5) is 0. The van der Waals surface area contributed by atoms with Gasteiger partial charge in [0.2, 0.25) is 0 Å². The Labute approximate surface area is 79.7 Å². The van der Waals surface area contributed by atoms with E-state index in [0.717, 1.165) is 30.4 Å². The molecule has 0 aliphatic carbocycles. The van der Waals surface area contributed by atoms with E-state index in [4.69, 9.17) is 0 Å². The Balaban J connectivity index is 2.83. The van der Waals surface area contributed by atoms with Crippen molar-refractivity contribution in [3.8, 4) is 5.75 Å². The van der Waals surface area contributed by atoms with Gasteiger partial charge in [-0.2, -0.15) is 0 Å². The molecule has 0 spiro atoms. The van der Waals surface area contributed by atoms with E-state index in [0.29, 0.717) is 5.75 Å². The summed E-state index contributed by atoms with van der Waals surface area (Å²) in [5, 5.41) is 9.52. The molecule has 0 heterocycles. The van der Waals surface area contributed by atoms with Gasteiger partial charge in [0, 0.05) is 0 Å². The zero-order valence-corrected chi connectivity index (χ0v) is 8.09. The van der Waals surface area contributed by atoms with Crippen LogP contribution in [0.2, 0.25) is 0 Å². The fourth-order valence-corrected chi connectivity index (χ4v) is 1.30. The van der Waals surface area contributed by atoms with E-state index in [1.54, 1.807) is 12.1 Å². The molecule has 0 bridgehead atoms. The normalized spacial score (nSPS) is 9.92. The van der Waals surface area contributed by atoms with Crippen LogP contribution in [0.25, 0.3) is 6.08 Å². The summed E-state index contributed by atoms with van der Waals surface area (Å²) < 4.78 is 0. The fourth-order valence-electron chi connectivity index (χ4n) is 1.30. The number of hydrogen-bond donors (Lipinski definition) is 1. The lowest BCUT2D eigenvalue weighted by Gasteiger charge is -2.04. The molecule has 13 heavy (non-hydrogen) atoms. The third-order valence-corrected chi connectivity index (χ3v) is 2.14. The summed E-state index contributed by atoms with van der Waals surface area (Å²) in [6, 6.07) is 5.61. The Hall–Kier alpha value is -1.24. The number of rotatable bonds is 4. The third kappa shape index (κ3) is 2.62. The summed E-state index contributed by atoms with van der Waals surface area (Å²) >= 11 is 0. The maximum Gasteiger partial charge on any atom is 0.118 e. The molecule has 0 atom stereocenters. The minimum atomic E-state index is 0.402. The molecule has 0 aromatic heterocycles. The van der Waals surface area contributed by atoms with Crippen LogP contribution < -0.4 is 0 Å². The third-order valence-electron chi connectivity index (χ3n) is 2.14. The van der Waals surface area contributed by atoms with Crippen LogP contribution in [0.3, 0.4) is 0 Å². The Bertz CT molecular complexity index is 289. The topological polar surface area (TPSA) is 20.2 Å². The van der Waals surface area contributed by atoms with Gasteiger partial charge in [0.1, 0.15) is 5.75 Å². The van der Waals surface area contributed by atoms with Crippen molar-refractivity contribution < 1.29 is 5.11 Å². The molecule has 0 saturated carbocycles. The van der Waals surface area contributed by atoms with Gasteiger partial charge in [-0.05, 0) is 36.1 Å². The predicted octanol–water partition coefficient (Wildman–Crippen LogP) is 3.38. The molecule has 0 amide bonds. The maximum atomic E-state index is 9.52. The molecule has 0 aliphatic rings. The molecule has 0 fully saturated rings. The lowest BCUT2D eigenvalue weighted by molar-refractivity contribution is 0.467. The summed E-state index contributed by atoms with van der Waals surface area (Å²) in [6.07, 6.45) is 5.02. The van der Waals surface area contributed by atoms with Gasteiger partial charge in [0.05, 0.1) is 0 Å². The van der Waals surface area contributed by atoms with Crippen LogP contribution in [0.5, 0.6) is 5.75 Å². The number of hydrogen-bond acceptors (Lipinski definition) is 1. The first-order valence-electron chi connectivity index (χ1n) is 4.72. The van der Waals surface area contributed by atoms with Crippen molar-refractivity contribution in [1.82, 2.24) is 0 Å². The van der Waals surface area contributed by atoms with Crippen molar-refractivity contribution in [2.75, 3.05) is 0 Å². The zero-order chi connectivity index (χ0) is 9.68. The quantitative estimate of drug-likeness (QED) is 0.745. The number of aryl methyl sites for hydroxylation is 1.